The first-order valence-electron chi connectivity index (χ1n) is 21.2. The molecule has 0 unspecified atom stereocenters. The Bertz CT molecular complexity index is 4030. The van der Waals surface area contributed by atoms with Crippen molar-refractivity contribution in [2.45, 2.75) is 19.6 Å². The van der Waals surface area contributed by atoms with Gasteiger partial charge in [0.05, 0.1) is 58.5 Å². The van der Waals surface area contributed by atoms with E-state index in [2.05, 4.69) is 130 Å². The van der Waals surface area contributed by atoms with Gasteiger partial charge < -0.3 is 17.7 Å². The van der Waals surface area contributed by atoms with Crippen LogP contribution in [-0.2, 0) is 26.7 Å². The molecule has 12 heteroatoms. The molecule has 0 aliphatic carbocycles. The molecule has 12 nitrogen and oxygen atoms in total. The minimum atomic E-state index is 0.766. The van der Waals surface area contributed by atoms with Crippen molar-refractivity contribution in [1.29, 1.82) is 0 Å². The Morgan fingerprint density at radius 1 is 0.453 bits per heavy atom. The number of furan rings is 1. The summed E-state index contributed by atoms with van der Waals surface area (Å²) in [6, 6.07) is 41.5. The third kappa shape index (κ3) is 4.87. The van der Waals surface area contributed by atoms with Gasteiger partial charge in [0.2, 0.25) is 11.2 Å². The van der Waals surface area contributed by atoms with Gasteiger partial charge >= 0.3 is 22.9 Å². The standard InChI is InChI=1S/C21H14N3O.C16H12N3O.C15H9N2O2/c1-2-7-15(8-3-1)24-18-12-22-11-10-17(18)19-20(24)23-13-14-6-4-5-9-16(14)21(23)25-19;1-18-13-8-17-7-6-12(13)14-15(18)19-9-10-4-2-3-5-11(10)16(19)20-14;1-2-4-10-9(3-1)8-17-14(10)19-13-11-5-6-16-7-12(11)18-15(13)17/h1-12H,13H2;2-8H,9H2,1H3;1-7H,8H2/q3*+1. The van der Waals surface area contributed by atoms with Gasteiger partial charge in [-0.3, -0.25) is 15.0 Å². The maximum Gasteiger partial charge on any atom is 0.422 e. The van der Waals surface area contributed by atoms with E-state index in [1.54, 1.807) is 12.4 Å². The molecule has 0 atom stereocenters. The van der Waals surface area contributed by atoms with E-state index in [4.69, 9.17) is 17.7 Å². The number of hydrogen-bond acceptors (Lipinski definition) is 7. The summed E-state index contributed by atoms with van der Waals surface area (Å²) in [5, 5.41) is 3.19. The lowest BCUT2D eigenvalue weighted by atomic mass is 10.1. The Morgan fingerprint density at radius 2 is 0.938 bits per heavy atom. The first-order chi connectivity index (χ1) is 31.7. The van der Waals surface area contributed by atoms with E-state index in [0.717, 1.165) is 115 Å². The van der Waals surface area contributed by atoms with Gasteiger partial charge in [-0.1, -0.05) is 72.8 Å². The number of aromatic nitrogens is 8. The Balaban J connectivity index is 0.0000000937. The number of rotatable bonds is 1. The fourth-order valence-electron chi connectivity index (χ4n) is 9.99. The molecule has 0 radical (unpaired) electrons. The SMILES string of the molecule is Cn1c2cnccc2c2oc3[n+](c21)Cc1ccccc1-3.c1ccc(-n2c3cnccc3c3oc4[n+](c32)Cc2ccccc2-4)cc1.c1ccc2c(c1)C[n+]1c-2oc2c3ccncc3oc21. The number of hydrogen-bond donors (Lipinski definition) is 0. The molecule has 304 valence electrons. The maximum atomic E-state index is 6.37. The normalized spacial score (nSPS) is 12.9. The molecule has 12 heterocycles. The van der Waals surface area contributed by atoms with Gasteiger partial charge in [-0.25, -0.2) is 4.57 Å². The average Bonchev–Trinajstić information content (AvgIpc) is 4.23. The number of pyridine rings is 3. The van der Waals surface area contributed by atoms with Crippen LogP contribution in [0.1, 0.15) is 16.7 Å². The molecule has 0 saturated heterocycles. The second-order valence-corrected chi connectivity index (χ2v) is 16.4. The first kappa shape index (κ1) is 35.0. The minimum Gasteiger partial charge on any atom is -0.413 e. The van der Waals surface area contributed by atoms with Crippen LogP contribution in [0.2, 0.25) is 0 Å². The molecule has 16 rings (SSSR count). The number of aryl methyl sites for hydroxylation is 1. The quantitative estimate of drug-likeness (QED) is 0.152. The number of para-hydroxylation sites is 1. The molecule has 3 aliphatic heterocycles. The van der Waals surface area contributed by atoms with E-state index in [1.165, 1.54) is 27.8 Å². The van der Waals surface area contributed by atoms with E-state index >= 15 is 0 Å². The third-order valence-electron chi connectivity index (χ3n) is 12.9. The van der Waals surface area contributed by atoms with Crippen LogP contribution in [0.25, 0.3) is 107 Å². The lowest BCUT2D eigenvalue weighted by Crippen LogP contribution is -2.32. The van der Waals surface area contributed by atoms with Crippen LogP contribution in [0, 0.1) is 0 Å². The smallest absolute Gasteiger partial charge is 0.413 e. The van der Waals surface area contributed by atoms with Gasteiger partial charge in [0.15, 0.2) is 23.2 Å². The van der Waals surface area contributed by atoms with E-state index in [9.17, 15) is 0 Å². The summed E-state index contributed by atoms with van der Waals surface area (Å²) in [5.74, 6) is 2.77. The summed E-state index contributed by atoms with van der Waals surface area (Å²) < 4.78 is 35.5. The third-order valence-corrected chi connectivity index (χ3v) is 12.9. The van der Waals surface area contributed by atoms with E-state index in [0.29, 0.717) is 0 Å². The molecule has 0 fully saturated rings. The highest BCUT2D eigenvalue weighted by Gasteiger charge is 2.38. The highest BCUT2D eigenvalue weighted by atomic mass is 16.4. The second kappa shape index (κ2) is 13.2. The summed E-state index contributed by atoms with van der Waals surface area (Å²) in [6.45, 7) is 2.50. The summed E-state index contributed by atoms with van der Waals surface area (Å²) in [6.07, 6.45) is 10.9. The summed E-state index contributed by atoms with van der Waals surface area (Å²) in [7, 11) is 2.07. The molecule has 0 amide bonds. The van der Waals surface area contributed by atoms with Crippen molar-refractivity contribution in [2.75, 3.05) is 0 Å². The lowest BCUT2D eigenvalue weighted by Gasteiger charge is -2.00. The van der Waals surface area contributed by atoms with Crippen molar-refractivity contribution in [3.63, 3.8) is 0 Å². The van der Waals surface area contributed by atoms with Crippen LogP contribution in [0.15, 0.2) is 176 Å². The van der Waals surface area contributed by atoms with Crippen molar-refractivity contribution in [3.05, 3.63) is 175 Å². The van der Waals surface area contributed by atoms with Crippen molar-refractivity contribution >= 4 is 66.5 Å². The molecule has 0 spiro atoms. The van der Waals surface area contributed by atoms with E-state index in [1.807, 2.05) is 61.2 Å². The molecule has 9 aromatic heterocycles. The predicted molar refractivity (Wildman–Crippen MR) is 239 cm³/mol. The Morgan fingerprint density at radius 3 is 1.59 bits per heavy atom. The zero-order chi connectivity index (χ0) is 42.0. The van der Waals surface area contributed by atoms with Crippen LogP contribution in [0.4, 0.5) is 0 Å². The van der Waals surface area contributed by atoms with Gasteiger partial charge in [0.25, 0.3) is 17.4 Å². The second-order valence-electron chi connectivity index (χ2n) is 16.4. The van der Waals surface area contributed by atoms with Crippen LogP contribution < -0.4 is 13.7 Å². The van der Waals surface area contributed by atoms with Gasteiger partial charge in [-0.15, -0.1) is 4.57 Å². The Kier molecular flexibility index (Phi) is 7.21. The minimum absolute atomic E-state index is 0.766. The van der Waals surface area contributed by atoms with Crippen LogP contribution in [-0.4, -0.2) is 24.1 Å². The van der Waals surface area contributed by atoms with Gasteiger partial charge in [-0.2, -0.15) is 13.7 Å². The number of oxazole rings is 3. The molecule has 0 bridgehead atoms. The van der Waals surface area contributed by atoms with Gasteiger partial charge in [0.1, 0.15) is 18.8 Å². The fourth-order valence-corrected chi connectivity index (χ4v) is 9.99. The fraction of sp³-hybridized carbons (Fsp3) is 0.0769. The first-order valence-corrected chi connectivity index (χ1v) is 21.2. The predicted octanol–water partition coefficient (Wildman–Crippen LogP) is 9.61. The van der Waals surface area contributed by atoms with Crippen LogP contribution >= 0.6 is 0 Å². The summed E-state index contributed by atoms with van der Waals surface area (Å²) >= 11 is 0. The van der Waals surface area contributed by atoms with Gasteiger partial charge in [0, 0.05) is 35.3 Å². The Hall–Kier alpha value is -8.64. The van der Waals surface area contributed by atoms with Crippen molar-refractivity contribution in [1.82, 2.24) is 24.1 Å². The molecule has 4 aromatic carbocycles. The molecule has 13 aromatic rings. The largest absolute Gasteiger partial charge is 0.422 e. The van der Waals surface area contributed by atoms with Crippen molar-refractivity contribution < 1.29 is 31.4 Å². The maximum absolute atomic E-state index is 6.37. The summed E-state index contributed by atoms with van der Waals surface area (Å²) in [4.78, 5) is 12.6. The highest BCUT2D eigenvalue weighted by Crippen LogP contribution is 2.39. The Labute approximate surface area is 362 Å². The average molecular weight is 836 g/mol. The summed E-state index contributed by atoms with van der Waals surface area (Å²) in [5.41, 5.74) is 17.1. The van der Waals surface area contributed by atoms with Crippen molar-refractivity contribution in [2.24, 2.45) is 7.05 Å². The van der Waals surface area contributed by atoms with Crippen LogP contribution in [0.3, 0.4) is 0 Å². The van der Waals surface area contributed by atoms with Crippen molar-refractivity contribution in [3.8, 4) is 40.0 Å². The molecule has 0 N–H and O–H groups in total. The molecular formula is C52H35N8O4+3. The topological polar surface area (TPSA) is 113 Å². The number of benzene rings is 4. The zero-order valence-electron chi connectivity index (χ0n) is 34.3. The molecular weight excluding hydrogens is 801 g/mol. The van der Waals surface area contributed by atoms with Gasteiger partial charge in [-0.05, 0) is 48.5 Å². The lowest BCUT2D eigenvalue weighted by molar-refractivity contribution is -0.655. The number of fused-ring (bicyclic) bond motifs is 21. The highest BCUT2D eigenvalue weighted by molar-refractivity contribution is 6.04. The monoisotopic (exact) mass is 835 g/mol. The zero-order valence-corrected chi connectivity index (χ0v) is 34.3. The molecule has 0 saturated carbocycles. The molecule has 64 heavy (non-hydrogen) atoms. The number of nitrogens with zero attached hydrogens (tertiary/aromatic N) is 8. The van der Waals surface area contributed by atoms with E-state index < -0.39 is 0 Å². The van der Waals surface area contributed by atoms with Crippen LogP contribution in [0.5, 0.6) is 0 Å². The van der Waals surface area contributed by atoms with E-state index in [-0.39, 0.29) is 0 Å². The molecule has 3 aliphatic rings.